The molecule has 8 nitrogen and oxygen atoms in total. The molecule has 16 aromatic rings. The van der Waals surface area contributed by atoms with Gasteiger partial charge in [-0.2, -0.15) is 48.5 Å². The topological polar surface area (TPSA) is 70.2 Å². The van der Waals surface area contributed by atoms with E-state index in [0.29, 0.717) is 0 Å². The molecule has 0 aliphatic heterocycles. The van der Waals surface area contributed by atoms with Gasteiger partial charge in [0.25, 0.3) is 0 Å². The zero-order chi connectivity index (χ0) is 57.4. The van der Waals surface area contributed by atoms with E-state index < -0.39 is 0 Å². The van der Waals surface area contributed by atoms with Crippen LogP contribution >= 0.6 is 0 Å². The molecule has 0 aliphatic rings. The molecule has 8 aromatic carbocycles. The molecule has 8 aromatic heterocycles. The molecule has 86 heavy (non-hydrogen) atoms. The van der Waals surface area contributed by atoms with Crippen LogP contribution < -0.4 is 0 Å². The van der Waals surface area contributed by atoms with Crippen LogP contribution in [0, 0.1) is 24.8 Å². The SMILES string of the molecule is CC(C)(C)c1cn(-c2ccccc2)[c-]n1.CC(C)(C)c1cn(-c2ccccc2)[c-]n1.[Pt+2].[Pt+2].[c-]1cccc2c3cccc4c5ccccc5ccc5cccnc5n(c12)c43.[c-]1cccc2c3cccc4c5ccccc5ccc5cccnc5n(c12)c43. The number of pyridine rings is 2. The van der Waals surface area contributed by atoms with E-state index in [1.54, 1.807) is 0 Å². The Hall–Kier alpha value is -9.06. The maximum atomic E-state index is 4.76. The molecule has 0 atom stereocenters. The molecule has 0 aliphatic carbocycles. The van der Waals surface area contributed by atoms with E-state index in [2.05, 4.69) is 231 Å². The first kappa shape index (κ1) is 58.7. The summed E-state index contributed by atoms with van der Waals surface area (Å²) in [6, 6.07) is 86.7. The number of hydrogen-bond acceptors (Lipinski definition) is 4. The van der Waals surface area contributed by atoms with Crippen molar-refractivity contribution in [2.75, 3.05) is 0 Å². The zero-order valence-electron chi connectivity index (χ0n) is 48.5. The Balaban J connectivity index is 0.000000123. The van der Waals surface area contributed by atoms with Crippen molar-refractivity contribution in [2.24, 2.45) is 0 Å². The van der Waals surface area contributed by atoms with Gasteiger partial charge in [-0.1, -0.05) is 246 Å². The van der Waals surface area contributed by atoms with Gasteiger partial charge < -0.3 is 27.9 Å². The third-order valence-corrected chi connectivity index (χ3v) is 15.3. The van der Waals surface area contributed by atoms with E-state index in [-0.39, 0.29) is 53.0 Å². The molecule has 0 unspecified atom stereocenters. The Morgan fingerprint density at radius 2 is 0.663 bits per heavy atom. The number of fused-ring (bicyclic) bond motifs is 14. The molecule has 0 saturated carbocycles. The van der Waals surface area contributed by atoms with Crippen molar-refractivity contribution in [1.29, 1.82) is 0 Å². The minimum absolute atomic E-state index is 0. The first-order chi connectivity index (χ1) is 41.0. The number of para-hydroxylation sites is 6. The molecule has 0 amide bonds. The van der Waals surface area contributed by atoms with Gasteiger partial charge in [0.05, 0.1) is 0 Å². The Morgan fingerprint density at radius 3 is 1.06 bits per heavy atom. The van der Waals surface area contributed by atoms with Crippen LogP contribution in [0.4, 0.5) is 0 Å². The average molecular weight is 1480 g/mol. The number of imidazole rings is 2. The average Bonchev–Trinajstić information content (AvgIpc) is 1.65. The van der Waals surface area contributed by atoms with Crippen molar-refractivity contribution < 1.29 is 42.1 Å². The molecule has 0 radical (unpaired) electrons. The molecule has 10 heteroatoms. The summed E-state index contributed by atoms with van der Waals surface area (Å²) in [6.07, 6.45) is 13.8. The van der Waals surface area contributed by atoms with E-state index in [9.17, 15) is 0 Å². The van der Waals surface area contributed by atoms with Crippen LogP contribution in [0.5, 0.6) is 0 Å². The fourth-order valence-electron chi connectivity index (χ4n) is 11.1. The van der Waals surface area contributed by atoms with Gasteiger partial charge in [-0.3, -0.25) is 0 Å². The predicted molar refractivity (Wildman–Crippen MR) is 348 cm³/mol. The van der Waals surface area contributed by atoms with Crippen LogP contribution in [0.25, 0.3) is 109 Å². The first-order valence-corrected chi connectivity index (χ1v) is 28.4. The second kappa shape index (κ2) is 24.9. The second-order valence-electron chi connectivity index (χ2n) is 23.0. The molecule has 0 N–H and O–H groups in total. The molecule has 424 valence electrons. The van der Waals surface area contributed by atoms with Crippen molar-refractivity contribution in [1.82, 2.24) is 37.9 Å². The monoisotopic (exact) mass is 1470 g/mol. The number of hydrogen-bond donors (Lipinski definition) is 0. The molecule has 0 fully saturated rings. The molecule has 8 heterocycles. The number of benzene rings is 8. The fourth-order valence-corrected chi connectivity index (χ4v) is 11.1. The maximum Gasteiger partial charge on any atom is 2.00 e. The van der Waals surface area contributed by atoms with E-state index in [4.69, 9.17) is 9.97 Å². The van der Waals surface area contributed by atoms with Crippen LogP contribution in [0.1, 0.15) is 52.9 Å². The number of rotatable bonds is 2. The quantitative estimate of drug-likeness (QED) is 0.162. The Morgan fingerprint density at radius 1 is 0.326 bits per heavy atom. The second-order valence-corrected chi connectivity index (χ2v) is 23.0. The molecule has 16 rings (SSSR count). The smallest absolute Gasteiger partial charge is 0.433 e. The predicted octanol–water partition coefficient (Wildman–Crippen LogP) is 18.6. The zero-order valence-corrected chi connectivity index (χ0v) is 53.0. The summed E-state index contributed by atoms with van der Waals surface area (Å²) < 4.78 is 8.39. The number of aromatic nitrogens is 8. The maximum absolute atomic E-state index is 4.76. The van der Waals surface area contributed by atoms with Crippen LogP contribution in [-0.4, -0.2) is 37.9 Å². The first-order valence-electron chi connectivity index (χ1n) is 28.4. The Bertz CT molecular complexity index is 4800. The fraction of sp³-hybridized carbons (Fsp3) is 0.105. The van der Waals surface area contributed by atoms with Gasteiger partial charge in [-0.15, -0.1) is 10.8 Å². The van der Waals surface area contributed by atoms with Crippen molar-refractivity contribution in [3.05, 3.63) is 291 Å². The van der Waals surface area contributed by atoms with Crippen LogP contribution in [0.2, 0.25) is 0 Å². The van der Waals surface area contributed by atoms with E-state index in [1.165, 1.54) is 64.9 Å². The molecule has 0 spiro atoms. The van der Waals surface area contributed by atoms with E-state index >= 15 is 0 Å². The summed E-state index contributed by atoms with van der Waals surface area (Å²) in [5.41, 5.74) is 10.9. The summed E-state index contributed by atoms with van der Waals surface area (Å²) in [5, 5.41) is 14.4. The largest absolute Gasteiger partial charge is 2.00 e. The van der Waals surface area contributed by atoms with Gasteiger partial charge in [0, 0.05) is 57.6 Å². The van der Waals surface area contributed by atoms with Gasteiger partial charge in [0.2, 0.25) is 0 Å². The summed E-state index contributed by atoms with van der Waals surface area (Å²) in [7, 11) is 0. The summed E-state index contributed by atoms with van der Waals surface area (Å²) in [4.78, 5) is 18.1. The molecular formula is C76H60N8Pt2. The summed E-state index contributed by atoms with van der Waals surface area (Å²) >= 11 is 0. The third-order valence-electron chi connectivity index (χ3n) is 15.3. The minimum atomic E-state index is 0. The van der Waals surface area contributed by atoms with Crippen LogP contribution in [0.15, 0.2) is 255 Å². The van der Waals surface area contributed by atoms with Crippen LogP contribution in [-0.2, 0) is 53.0 Å². The number of nitrogens with zero attached hydrogens (tertiary/aromatic N) is 8. The third kappa shape index (κ3) is 11.5. The standard InChI is InChI=1S/2C25H15N2.2C13H15N2.2Pt/c2*1-2-9-19-17(7-1)14-15-18-8-6-16-26-25(18)27-23-13-4-3-10-20(23)22-12-5-11-21(19)24(22)27;2*1-13(2,3)12-9-15(10-14-12)11-7-5-4-6-8-11;;/h2*1-12,14-16H;2*4-9H,1-3H3;;/q4*-1;2*+2. The van der Waals surface area contributed by atoms with Gasteiger partial charge in [0.15, 0.2) is 0 Å². The summed E-state index contributed by atoms with van der Waals surface area (Å²) in [6.45, 7) is 12.9. The van der Waals surface area contributed by atoms with E-state index in [0.717, 1.165) is 55.9 Å². The van der Waals surface area contributed by atoms with Crippen molar-refractivity contribution >= 4 is 98.0 Å². The van der Waals surface area contributed by atoms with Crippen LogP contribution in [0.3, 0.4) is 0 Å². The molecule has 0 saturated heterocycles. The molecule has 0 bridgehead atoms. The molecular weight excluding hydrogens is 1420 g/mol. The Labute approximate surface area is 529 Å². The van der Waals surface area contributed by atoms with Crippen molar-refractivity contribution in [3.63, 3.8) is 0 Å². The van der Waals surface area contributed by atoms with Crippen molar-refractivity contribution in [2.45, 2.75) is 52.4 Å². The van der Waals surface area contributed by atoms with Gasteiger partial charge >= 0.3 is 42.1 Å². The van der Waals surface area contributed by atoms with Gasteiger partial charge in [-0.25, -0.2) is 9.97 Å². The van der Waals surface area contributed by atoms with Gasteiger partial charge in [-0.05, 0) is 78.8 Å². The van der Waals surface area contributed by atoms with Gasteiger partial charge in [0.1, 0.15) is 11.3 Å². The van der Waals surface area contributed by atoms with E-state index in [1.807, 2.05) is 119 Å². The normalized spacial score (nSPS) is 11.4. The van der Waals surface area contributed by atoms with Crippen molar-refractivity contribution in [3.8, 4) is 11.4 Å². The Kier molecular flexibility index (Phi) is 17.0. The summed E-state index contributed by atoms with van der Waals surface area (Å²) in [5.74, 6) is 0. The minimum Gasteiger partial charge on any atom is -0.433 e.